The molecule has 1 aliphatic heterocycles. The second-order valence-corrected chi connectivity index (χ2v) is 7.78. The van der Waals surface area contributed by atoms with Gasteiger partial charge in [0, 0.05) is 12.2 Å². The maximum Gasteiger partial charge on any atom is 0.345 e. The van der Waals surface area contributed by atoms with Gasteiger partial charge in [-0.25, -0.2) is 4.79 Å². The first-order valence-corrected chi connectivity index (χ1v) is 9.62. The fourth-order valence-corrected chi connectivity index (χ4v) is 3.71. The summed E-state index contributed by atoms with van der Waals surface area (Å²) < 4.78 is 39.8. The molecule has 2 aliphatic rings. The molecule has 2 aromatic rings. The van der Waals surface area contributed by atoms with Crippen LogP contribution in [0.4, 0.5) is 0 Å². The summed E-state index contributed by atoms with van der Waals surface area (Å²) in [6.45, 7) is 1.87. The zero-order chi connectivity index (χ0) is 19.1. The molecule has 0 saturated carbocycles. The summed E-state index contributed by atoms with van der Waals surface area (Å²) in [6, 6.07) is 13.2. The molecule has 1 aliphatic carbocycles. The summed E-state index contributed by atoms with van der Waals surface area (Å²) in [5.41, 5.74) is 1.50. The van der Waals surface area contributed by atoms with Crippen LogP contribution in [0.1, 0.15) is 15.9 Å². The summed E-state index contributed by atoms with van der Waals surface area (Å²) in [5.74, 6) is -1.52. The third kappa shape index (κ3) is 3.29. The summed E-state index contributed by atoms with van der Waals surface area (Å²) in [6.07, 6.45) is 5.83. The first-order valence-electron chi connectivity index (χ1n) is 8.18. The molecule has 136 valence electrons. The normalized spacial score (nSPS) is 20.8. The Labute approximate surface area is 156 Å². The number of hydrogen-bond acceptors (Lipinski definition) is 5. The predicted octanol–water partition coefficient (Wildman–Crippen LogP) is 3.20. The maximum atomic E-state index is 12.4. The van der Waals surface area contributed by atoms with E-state index in [4.69, 9.17) is 9.47 Å². The van der Waals surface area contributed by atoms with Gasteiger partial charge in [-0.05, 0) is 43.3 Å². The molecule has 0 fully saturated rings. The molecule has 7 heteroatoms. The Morgan fingerprint density at radius 2 is 1.59 bits per heavy atom. The highest BCUT2D eigenvalue weighted by Crippen LogP contribution is 2.34. The number of rotatable bonds is 2. The fourth-order valence-electron chi connectivity index (χ4n) is 2.73. The lowest BCUT2D eigenvalue weighted by Gasteiger charge is -2.34. The maximum absolute atomic E-state index is 12.4. The van der Waals surface area contributed by atoms with E-state index in [2.05, 4.69) is 4.40 Å². The number of allylic oxidation sites excluding steroid dienone is 2. The van der Waals surface area contributed by atoms with Crippen molar-refractivity contribution in [1.82, 2.24) is 0 Å². The van der Waals surface area contributed by atoms with Gasteiger partial charge in [-0.2, -0.15) is 12.8 Å². The molecule has 4 rings (SSSR count). The molecule has 0 N–H and O–H groups in total. The Bertz CT molecular complexity index is 1100. The number of para-hydroxylation sites is 1. The quantitative estimate of drug-likeness (QED) is 0.746. The number of carbonyl (C=O) groups is 1. The minimum absolute atomic E-state index is 0.108. The van der Waals surface area contributed by atoms with E-state index in [1.165, 1.54) is 36.4 Å². The molecule has 1 heterocycles. The lowest BCUT2D eigenvalue weighted by molar-refractivity contribution is -0.0853. The fraction of sp³-hybridized carbons (Fsp3) is 0.100. The SMILES string of the molecule is Cc1ccc(S(=O)(=O)N=C2C=CC3(C=C2)OC(=O)c2ccccc2O3)cc1. The first kappa shape index (κ1) is 17.2. The van der Waals surface area contributed by atoms with Crippen molar-refractivity contribution in [1.29, 1.82) is 0 Å². The van der Waals surface area contributed by atoms with Gasteiger partial charge in [0.2, 0.25) is 0 Å². The Balaban J connectivity index is 1.61. The largest absolute Gasteiger partial charge is 0.444 e. The van der Waals surface area contributed by atoms with Gasteiger partial charge < -0.3 is 9.47 Å². The van der Waals surface area contributed by atoms with Crippen molar-refractivity contribution >= 4 is 21.7 Å². The molecule has 0 atom stereocenters. The number of aryl methyl sites for hydroxylation is 1. The number of hydrogen-bond donors (Lipinski definition) is 0. The van der Waals surface area contributed by atoms with Crippen molar-refractivity contribution in [2.24, 2.45) is 4.40 Å². The molecule has 0 saturated heterocycles. The van der Waals surface area contributed by atoms with Crippen LogP contribution in [0.5, 0.6) is 5.75 Å². The van der Waals surface area contributed by atoms with Crippen LogP contribution in [0, 0.1) is 6.92 Å². The van der Waals surface area contributed by atoms with E-state index in [1.807, 2.05) is 6.92 Å². The Hall–Kier alpha value is -3.19. The Morgan fingerprint density at radius 1 is 0.926 bits per heavy atom. The number of nitrogens with zero attached hydrogens (tertiary/aromatic N) is 1. The van der Waals surface area contributed by atoms with Crippen LogP contribution in [0.3, 0.4) is 0 Å². The Morgan fingerprint density at radius 3 is 2.30 bits per heavy atom. The van der Waals surface area contributed by atoms with Crippen LogP contribution in [0.2, 0.25) is 0 Å². The summed E-state index contributed by atoms with van der Waals surface area (Å²) in [4.78, 5) is 12.3. The van der Waals surface area contributed by atoms with Crippen molar-refractivity contribution < 1.29 is 22.7 Å². The minimum atomic E-state index is -3.84. The van der Waals surface area contributed by atoms with Gasteiger partial charge in [0.25, 0.3) is 15.8 Å². The molecule has 6 nitrogen and oxygen atoms in total. The molecule has 2 aromatic carbocycles. The Kier molecular flexibility index (Phi) is 3.96. The molecule has 0 bridgehead atoms. The third-order valence-corrected chi connectivity index (χ3v) is 5.46. The van der Waals surface area contributed by atoms with Crippen LogP contribution in [0.15, 0.2) is 82.1 Å². The monoisotopic (exact) mass is 381 g/mol. The highest BCUT2D eigenvalue weighted by molar-refractivity contribution is 7.90. The van der Waals surface area contributed by atoms with E-state index in [1.54, 1.807) is 36.4 Å². The third-order valence-electron chi connectivity index (χ3n) is 4.15. The van der Waals surface area contributed by atoms with Gasteiger partial charge in [-0.15, -0.1) is 0 Å². The summed E-state index contributed by atoms with van der Waals surface area (Å²) in [7, 11) is -3.84. The smallest absolute Gasteiger partial charge is 0.345 e. The van der Waals surface area contributed by atoms with Crippen molar-refractivity contribution in [3.05, 3.63) is 84.0 Å². The van der Waals surface area contributed by atoms with Crippen molar-refractivity contribution in [2.75, 3.05) is 0 Å². The van der Waals surface area contributed by atoms with Gasteiger partial charge in [0.15, 0.2) is 0 Å². The molecule has 0 unspecified atom stereocenters. The van der Waals surface area contributed by atoms with E-state index < -0.39 is 21.8 Å². The number of sulfonamides is 1. The highest BCUT2D eigenvalue weighted by atomic mass is 32.2. The van der Waals surface area contributed by atoms with Gasteiger partial charge >= 0.3 is 5.97 Å². The lowest BCUT2D eigenvalue weighted by Crippen LogP contribution is -2.42. The predicted molar refractivity (Wildman–Crippen MR) is 99.3 cm³/mol. The van der Waals surface area contributed by atoms with Crippen LogP contribution in [-0.4, -0.2) is 25.9 Å². The number of fused-ring (bicyclic) bond motifs is 1. The summed E-state index contributed by atoms with van der Waals surface area (Å²) in [5, 5.41) is 0. The summed E-state index contributed by atoms with van der Waals surface area (Å²) >= 11 is 0. The standard InChI is InChI=1S/C20H15NO5S/c1-14-6-8-16(9-7-14)27(23,24)21-15-10-12-20(13-11-15)25-18-5-3-2-4-17(18)19(22)26-20/h2-13H,1H3. The van der Waals surface area contributed by atoms with Crippen molar-refractivity contribution in [2.45, 2.75) is 17.6 Å². The van der Waals surface area contributed by atoms with E-state index >= 15 is 0 Å². The van der Waals surface area contributed by atoms with Crippen molar-refractivity contribution in [3.63, 3.8) is 0 Å². The first-order chi connectivity index (χ1) is 12.9. The molecule has 0 amide bonds. The van der Waals surface area contributed by atoms with Crippen molar-refractivity contribution in [3.8, 4) is 5.75 Å². The van der Waals surface area contributed by atoms with Crippen LogP contribution < -0.4 is 4.74 Å². The molecule has 0 aromatic heterocycles. The molecule has 0 radical (unpaired) electrons. The van der Waals surface area contributed by atoms with E-state index in [-0.39, 0.29) is 10.6 Å². The van der Waals surface area contributed by atoms with Gasteiger partial charge in [-0.3, -0.25) is 0 Å². The van der Waals surface area contributed by atoms with Crippen LogP contribution in [-0.2, 0) is 14.8 Å². The number of carbonyl (C=O) groups excluding carboxylic acids is 1. The zero-order valence-corrected chi connectivity index (χ0v) is 15.1. The molecule has 27 heavy (non-hydrogen) atoms. The van der Waals surface area contributed by atoms with Crippen LogP contribution in [0.25, 0.3) is 0 Å². The number of ether oxygens (including phenoxy) is 2. The van der Waals surface area contributed by atoms with Gasteiger partial charge in [0.1, 0.15) is 11.3 Å². The van der Waals surface area contributed by atoms with Gasteiger partial charge in [0.05, 0.1) is 10.6 Å². The second-order valence-electron chi connectivity index (χ2n) is 6.18. The molecular formula is C20H15NO5S. The van der Waals surface area contributed by atoms with Gasteiger partial charge in [-0.1, -0.05) is 29.8 Å². The van der Waals surface area contributed by atoms with Crippen LogP contribution >= 0.6 is 0 Å². The van der Waals surface area contributed by atoms with E-state index in [0.717, 1.165) is 5.56 Å². The lowest BCUT2D eigenvalue weighted by atomic mass is 10.1. The minimum Gasteiger partial charge on any atom is -0.444 e. The molecule has 1 spiro atoms. The highest BCUT2D eigenvalue weighted by Gasteiger charge is 2.39. The second kappa shape index (κ2) is 6.21. The van der Waals surface area contributed by atoms with E-state index in [0.29, 0.717) is 11.3 Å². The average molecular weight is 381 g/mol. The average Bonchev–Trinajstić information content (AvgIpc) is 2.64. The number of esters is 1. The number of benzene rings is 2. The van der Waals surface area contributed by atoms with E-state index in [9.17, 15) is 13.2 Å². The zero-order valence-electron chi connectivity index (χ0n) is 14.3. The molecular weight excluding hydrogens is 366 g/mol. The topological polar surface area (TPSA) is 82.0 Å².